The Morgan fingerprint density at radius 2 is 2.20 bits per heavy atom. The minimum absolute atomic E-state index is 0.0491. The smallest absolute Gasteiger partial charge is 0.233 e. The van der Waals surface area contributed by atoms with Gasteiger partial charge in [-0.3, -0.25) is 4.68 Å². The summed E-state index contributed by atoms with van der Waals surface area (Å²) in [5, 5.41) is 11.7. The van der Waals surface area contributed by atoms with Crippen LogP contribution in [0.3, 0.4) is 0 Å². The third-order valence-electron chi connectivity index (χ3n) is 4.13. The summed E-state index contributed by atoms with van der Waals surface area (Å²) in [5.41, 5.74) is 0.955. The van der Waals surface area contributed by atoms with E-state index in [1.54, 1.807) is 10.9 Å². The van der Waals surface area contributed by atoms with Crippen molar-refractivity contribution in [2.45, 2.75) is 38.0 Å². The molecule has 0 radical (unpaired) electrons. The monoisotopic (exact) mass is 275 g/mol. The van der Waals surface area contributed by atoms with Crippen LogP contribution in [0.25, 0.3) is 11.4 Å². The molecule has 1 fully saturated rings. The fourth-order valence-electron chi connectivity index (χ4n) is 3.05. The van der Waals surface area contributed by atoms with E-state index in [2.05, 4.69) is 27.5 Å². The first-order valence-electron chi connectivity index (χ1n) is 7.27. The molecule has 0 saturated carbocycles. The van der Waals surface area contributed by atoms with Gasteiger partial charge in [0, 0.05) is 13.2 Å². The van der Waals surface area contributed by atoms with Crippen molar-refractivity contribution in [1.29, 1.82) is 0 Å². The van der Waals surface area contributed by atoms with E-state index >= 15 is 0 Å². The highest BCUT2D eigenvalue weighted by Crippen LogP contribution is 2.37. The molecular weight excluding hydrogens is 254 g/mol. The van der Waals surface area contributed by atoms with Crippen molar-refractivity contribution < 1.29 is 4.52 Å². The third-order valence-corrected chi connectivity index (χ3v) is 4.13. The Bertz CT molecular complexity index is 562. The summed E-state index contributed by atoms with van der Waals surface area (Å²) in [6, 6.07) is 0. The summed E-state index contributed by atoms with van der Waals surface area (Å²) in [4.78, 5) is 4.65. The van der Waals surface area contributed by atoms with Crippen molar-refractivity contribution in [1.82, 2.24) is 25.2 Å². The Hall–Kier alpha value is -1.69. The highest BCUT2D eigenvalue weighted by molar-refractivity contribution is 5.51. The first kappa shape index (κ1) is 13.3. The van der Waals surface area contributed by atoms with Crippen molar-refractivity contribution in [3.05, 3.63) is 18.3 Å². The Morgan fingerprint density at radius 1 is 1.40 bits per heavy atom. The maximum absolute atomic E-state index is 5.60. The topological polar surface area (TPSA) is 68.8 Å². The van der Waals surface area contributed by atoms with Gasteiger partial charge in [-0.25, -0.2) is 0 Å². The lowest BCUT2D eigenvalue weighted by atomic mass is 9.75. The molecule has 0 bridgehead atoms. The molecule has 6 heteroatoms. The molecule has 0 aliphatic carbocycles. The van der Waals surface area contributed by atoms with Gasteiger partial charge in [-0.15, -0.1) is 0 Å². The van der Waals surface area contributed by atoms with E-state index in [0.29, 0.717) is 5.82 Å². The maximum Gasteiger partial charge on any atom is 0.233 e. The summed E-state index contributed by atoms with van der Waals surface area (Å²) in [7, 11) is 1.88. The molecule has 6 nitrogen and oxygen atoms in total. The molecule has 3 heterocycles. The van der Waals surface area contributed by atoms with E-state index < -0.39 is 0 Å². The number of rotatable bonds is 4. The molecule has 0 amide bonds. The first-order valence-corrected chi connectivity index (χ1v) is 7.27. The van der Waals surface area contributed by atoms with E-state index in [-0.39, 0.29) is 5.41 Å². The van der Waals surface area contributed by atoms with E-state index in [1.165, 1.54) is 0 Å². The van der Waals surface area contributed by atoms with Crippen LogP contribution in [0, 0.1) is 0 Å². The largest absolute Gasteiger partial charge is 0.338 e. The van der Waals surface area contributed by atoms with Crippen LogP contribution in [-0.2, 0) is 12.5 Å². The lowest BCUT2D eigenvalue weighted by Gasteiger charge is -2.34. The number of aryl methyl sites for hydroxylation is 1. The molecule has 2 aromatic rings. The van der Waals surface area contributed by atoms with E-state index in [9.17, 15) is 0 Å². The Morgan fingerprint density at radius 3 is 2.85 bits per heavy atom. The van der Waals surface area contributed by atoms with Gasteiger partial charge in [-0.05, 0) is 32.4 Å². The van der Waals surface area contributed by atoms with Gasteiger partial charge < -0.3 is 9.84 Å². The molecule has 0 aromatic carbocycles. The predicted molar refractivity (Wildman–Crippen MR) is 75.2 cm³/mol. The molecule has 3 rings (SSSR count). The number of hydrogen-bond acceptors (Lipinski definition) is 5. The van der Waals surface area contributed by atoms with Crippen LogP contribution in [0.5, 0.6) is 0 Å². The molecule has 1 aliphatic heterocycles. The van der Waals surface area contributed by atoms with Crippen LogP contribution >= 0.6 is 0 Å². The highest BCUT2D eigenvalue weighted by Gasteiger charge is 2.38. The fourth-order valence-corrected chi connectivity index (χ4v) is 3.05. The molecule has 0 unspecified atom stereocenters. The van der Waals surface area contributed by atoms with Crippen LogP contribution in [-0.4, -0.2) is 33.0 Å². The van der Waals surface area contributed by atoms with E-state index in [1.807, 2.05) is 13.2 Å². The summed E-state index contributed by atoms with van der Waals surface area (Å²) in [6.45, 7) is 4.25. The van der Waals surface area contributed by atoms with Gasteiger partial charge in [0.05, 0.1) is 17.2 Å². The molecule has 1 N–H and O–H groups in total. The SMILES string of the molecule is CCCC1(c2nc(-c3cnn(C)c3)no2)CCNCC1. The molecule has 20 heavy (non-hydrogen) atoms. The van der Waals surface area contributed by atoms with Crippen LogP contribution in [0.4, 0.5) is 0 Å². The van der Waals surface area contributed by atoms with Gasteiger partial charge in [-0.2, -0.15) is 10.1 Å². The zero-order chi connectivity index (χ0) is 14.0. The first-order chi connectivity index (χ1) is 9.73. The van der Waals surface area contributed by atoms with E-state index in [0.717, 1.165) is 50.2 Å². The fraction of sp³-hybridized carbons (Fsp3) is 0.643. The Labute approximate surface area is 118 Å². The Kier molecular flexibility index (Phi) is 3.56. The number of hydrogen-bond donors (Lipinski definition) is 1. The number of aromatic nitrogens is 4. The van der Waals surface area contributed by atoms with Crippen molar-refractivity contribution in [2.24, 2.45) is 7.05 Å². The number of piperidine rings is 1. The average Bonchev–Trinajstić information content (AvgIpc) is 3.09. The standard InChI is InChI=1S/C14H21N5O/c1-3-4-14(5-7-15-8-6-14)13-17-12(18-20-13)11-9-16-19(2)10-11/h9-10,15H,3-8H2,1-2H3. The van der Waals surface area contributed by atoms with Crippen LogP contribution in [0.2, 0.25) is 0 Å². The molecule has 1 aliphatic rings. The predicted octanol–water partition coefficient (Wildman–Crippen LogP) is 1.89. The molecule has 1 saturated heterocycles. The van der Waals surface area contributed by atoms with Crippen molar-refractivity contribution >= 4 is 0 Å². The zero-order valence-corrected chi connectivity index (χ0v) is 12.1. The average molecular weight is 275 g/mol. The van der Waals surface area contributed by atoms with Crippen LogP contribution in [0.15, 0.2) is 16.9 Å². The Balaban J connectivity index is 1.90. The number of nitrogens with zero attached hydrogens (tertiary/aromatic N) is 4. The van der Waals surface area contributed by atoms with Gasteiger partial charge in [-0.1, -0.05) is 18.5 Å². The zero-order valence-electron chi connectivity index (χ0n) is 12.1. The van der Waals surface area contributed by atoms with Crippen molar-refractivity contribution in [2.75, 3.05) is 13.1 Å². The molecule has 0 spiro atoms. The normalized spacial score (nSPS) is 18.3. The summed E-state index contributed by atoms with van der Waals surface area (Å²) >= 11 is 0. The summed E-state index contributed by atoms with van der Waals surface area (Å²) in [5.74, 6) is 1.43. The highest BCUT2D eigenvalue weighted by atomic mass is 16.5. The molecule has 108 valence electrons. The van der Waals surface area contributed by atoms with Gasteiger partial charge in [0.25, 0.3) is 0 Å². The second kappa shape index (κ2) is 5.36. The second-order valence-corrected chi connectivity index (χ2v) is 5.61. The van der Waals surface area contributed by atoms with Gasteiger partial charge in [0.15, 0.2) is 0 Å². The van der Waals surface area contributed by atoms with Gasteiger partial charge in [0.2, 0.25) is 11.7 Å². The quantitative estimate of drug-likeness (QED) is 0.922. The third kappa shape index (κ3) is 2.35. The summed E-state index contributed by atoms with van der Waals surface area (Å²) < 4.78 is 7.35. The maximum atomic E-state index is 5.60. The van der Waals surface area contributed by atoms with Crippen LogP contribution < -0.4 is 5.32 Å². The second-order valence-electron chi connectivity index (χ2n) is 5.61. The lowest BCUT2D eigenvalue weighted by molar-refractivity contribution is 0.208. The van der Waals surface area contributed by atoms with Crippen molar-refractivity contribution in [3.8, 4) is 11.4 Å². The van der Waals surface area contributed by atoms with Crippen LogP contribution in [0.1, 0.15) is 38.5 Å². The minimum atomic E-state index is 0.0491. The lowest BCUT2D eigenvalue weighted by Crippen LogP contribution is -2.40. The number of nitrogens with one attached hydrogen (secondary N) is 1. The summed E-state index contributed by atoms with van der Waals surface area (Å²) in [6.07, 6.45) is 8.03. The minimum Gasteiger partial charge on any atom is -0.338 e. The molecule has 2 aromatic heterocycles. The molecule has 0 atom stereocenters. The molecular formula is C14H21N5O. The van der Waals surface area contributed by atoms with Gasteiger partial charge >= 0.3 is 0 Å². The van der Waals surface area contributed by atoms with Gasteiger partial charge in [0.1, 0.15) is 0 Å². The van der Waals surface area contributed by atoms with E-state index in [4.69, 9.17) is 4.52 Å². The van der Waals surface area contributed by atoms with Crippen molar-refractivity contribution in [3.63, 3.8) is 0 Å².